The molecule has 1 heterocycles. The van der Waals surface area contributed by atoms with Gasteiger partial charge in [0.15, 0.2) is 0 Å². The zero-order valence-electron chi connectivity index (χ0n) is 9.80. The highest BCUT2D eigenvalue weighted by Crippen LogP contribution is 2.28. The molecule has 0 atom stereocenters. The Morgan fingerprint density at radius 3 is 2.58 bits per heavy atom. The number of amides is 2. The lowest BCUT2D eigenvalue weighted by atomic mass is 10.1. The summed E-state index contributed by atoms with van der Waals surface area (Å²) in [5, 5.41) is 8.96. The Bertz CT molecular complexity index is 594. The second kappa shape index (κ2) is 5.24. The number of benzene rings is 1. The fraction of sp³-hybridized carbons (Fsp3) is 0.154. The molecule has 0 saturated carbocycles. The van der Waals surface area contributed by atoms with E-state index in [1.807, 2.05) is 0 Å². The fourth-order valence-corrected chi connectivity index (χ4v) is 2.04. The summed E-state index contributed by atoms with van der Waals surface area (Å²) in [4.78, 5) is 35.1. The number of carboxylic acids is 1. The molecule has 1 N–H and O–H groups in total. The van der Waals surface area contributed by atoms with Gasteiger partial charge in [-0.15, -0.1) is 0 Å². The summed E-state index contributed by atoms with van der Waals surface area (Å²) >= 11 is 5.98. The molecular formula is C13H10ClNO4. The number of carbonyl (C=O) groups is 3. The number of carbonyl (C=O) groups excluding carboxylic acids is 2. The summed E-state index contributed by atoms with van der Waals surface area (Å²) in [6, 6.07) is 6.69. The number of aliphatic carboxylic acids is 1. The van der Waals surface area contributed by atoms with Crippen molar-refractivity contribution in [2.24, 2.45) is 0 Å². The first-order chi connectivity index (χ1) is 9.00. The lowest BCUT2D eigenvalue weighted by Gasteiger charge is -2.13. The maximum Gasteiger partial charge on any atom is 0.305 e. The Kier molecular flexibility index (Phi) is 3.66. The van der Waals surface area contributed by atoms with E-state index in [1.54, 1.807) is 24.3 Å². The zero-order valence-corrected chi connectivity index (χ0v) is 10.6. The van der Waals surface area contributed by atoms with Crippen LogP contribution in [0.4, 0.5) is 0 Å². The van der Waals surface area contributed by atoms with Gasteiger partial charge in [-0.05, 0) is 6.07 Å². The quantitative estimate of drug-likeness (QED) is 0.849. The highest BCUT2D eigenvalue weighted by Gasteiger charge is 2.32. The van der Waals surface area contributed by atoms with Crippen LogP contribution < -0.4 is 0 Å². The normalized spacial score (nSPS) is 14.8. The van der Waals surface area contributed by atoms with Gasteiger partial charge in [-0.3, -0.25) is 19.3 Å². The van der Waals surface area contributed by atoms with Gasteiger partial charge in [0, 0.05) is 23.2 Å². The number of hydrogen-bond donors (Lipinski definition) is 1. The van der Waals surface area contributed by atoms with Crippen molar-refractivity contribution < 1.29 is 19.5 Å². The number of hydrogen-bond acceptors (Lipinski definition) is 3. The van der Waals surface area contributed by atoms with Crippen molar-refractivity contribution in [2.75, 3.05) is 6.54 Å². The van der Waals surface area contributed by atoms with Gasteiger partial charge in [-0.25, -0.2) is 0 Å². The zero-order chi connectivity index (χ0) is 14.0. The molecule has 1 aromatic rings. The first-order valence-corrected chi connectivity index (χ1v) is 5.92. The molecule has 0 radical (unpaired) electrons. The van der Waals surface area contributed by atoms with Crippen molar-refractivity contribution in [3.05, 3.63) is 40.9 Å². The van der Waals surface area contributed by atoms with Crippen molar-refractivity contribution >= 4 is 35.0 Å². The van der Waals surface area contributed by atoms with E-state index in [4.69, 9.17) is 16.7 Å². The Balaban J connectivity index is 2.24. The van der Waals surface area contributed by atoms with Gasteiger partial charge in [0.25, 0.3) is 11.8 Å². The van der Waals surface area contributed by atoms with Crippen molar-refractivity contribution in [3.8, 4) is 0 Å². The van der Waals surface area contributed by atoms with Crippen molar-refractivity contribution in [2.45, 2.75) is 6.42 Å². The van der Waals surface area contributed by atoms with Gasteiger partial charge in [0.2, 0.25) is 0 Å². The fourth-order valence-electron chi connectivity index (χ4n) is 1.80. The molecule has 19 heavy (non-hydrogen) atoms. The summed E-state index contributed by atoms with van der Waals surface area (Å²) in [5.74, 6) is -2.09. The SMILES string of the molecule is O=C(O)CCN1C(=O)C=C(c2ccccc2Cl)C1=O. The standard InChI is InChI=1S/C13H10ClNO4/c14-10-4-2-1-3-8(10)9-7-11(16)15(13(9)19)6-5-12(17)18/h1-4,7H,5-6H2,(H,17,18). The number of rotatable bonds is 4. The van der Waals surface area contributed by atoms with E-state index in [9.17, 15) is 14.4 Å². The van der Waals surface area contributed by atoms with Gasteiger partial charge >= 0.3 is 5.97 Å². The van der Waals surface area contributed by atoms with Gasteiger partial charge in [-0.1, -0.05) is 29.8 Å². The van der Waals surface area contributed by atoms with Gasteiger partial charge in [0.05, 0.1) is 12.0 Å². The van der Waals surface area contributed by atoms with E-state index in [0.717, 1.165) is 4.90 Å². The molecule has 0 fully saturated rings. The molecule has 1 aliphatic rings. The van der Waals surface area contributed by atoms with Crippen LogP contribution in [0, 0.1) is 0 Å². The first kappa shape index (κ1) is 13.3. The van der Waals surface area contributed by atoms with Gasteiger partial charge < -0.3 is 5.11 Å². The van der Waals surface area contributed by atoms with E-state index in [1.165, 1.54) is 6.08 Å². The Morgan fingerprint density at radius 2 is 1.95 bits per heavy atom. The highest BCUT2D eigenvalue weighted by atomic mass is 35.5. The van der Waals surface area contributed by atoms with Crippen molar-refractivity contribution in [3.63, 3.8) is 0 Å². The second-order valence-corrected chi connectivity index (χ2v) is 4.38. The van der Waals surface area contributed by atoms with Gasteiger partial charge in [0.1, 0.15) is 0 Å². The number of carboxylic acid groups (broad SMARTS) is 1. The number of imide groups is 1. The smallest absolute Gasteiger partial charge is 0.305 e. The van der Waals surface area contributed by atoms with Crippen LogP contribution in [0.5, 0.6) is 0 Å². The third-order valence-electron chi connectivity index (χ3n) is 2.72. The molecule has 0 saturated heterocycles. The third-order valence-corrected chi connectivity index (χ3v) is 3.05. The summed E-state index contributed by atoms with van der Waals surface area (Å²) in [5.41, 5.74) is 0.668. The third kappa shape index (κ3) is 2.66. The van der Waals surface area contributed by atoms with Crippen LogP contribution in [0.25, 0.3) is 5.57 Å². The molecular weight excluding hydrogens is 270 g/mol. The monoisotopic (exact) mass is 279 g/mol. The molecule has 1 aromatic carbocycles. The van der Waals surface area contributed by atoms with Crippen LogP contribution in [0.3, 0.4) is 0 Å². The molecule has 0 aromatic heterocycles. The summed E-state index contributed by atoms with van der Waals surface area (Å²) in [7, 11) is 0. The topological polar surface area (TPSA) is 74.7 Å². The maximum atomic E-state index is 12.1. The summed E-state index contributed by atoms with van der Waals surface area (Å²) < 4.78 is 0. The van der Waals surface area contributed by atoms with E-state index < -0.39 is 17.8 Å². The molecule has 5 nitrogen and oxygen atoms in total. The largest absolute Gasteiger partial charge is 0.481 e. The lowest BCUT2D eigenvalue weighted by molar-refractivity contribution is -0.139. The molecule has 2 rings (SSSR count). The highest BCUT2D eigenvalue weighted by molar-refractivity contribution is 6.38. The predicted molar refractivity (Wildman–Crippen MR) is 68.4 cm³/mol. The molecule has 6 heteroatoms. The van der Waals surface area contributed by atoms with Gasteiger partial charge in [-0.2, -0.15) is 0 Å². The Labute approximate surface area is 114 Å². The van der Waals surface area contributed by atoms with Crippen LogP contribution in [-0.4, -0.2) is 34.3 Å². The van der Waals surface area contributed by atoms with E-state index in [2.05, 4.69) is 0 Å². The minimum atomic E-state index is -1.06. The summed E-state index contributed by atoms with van der Waals surface area (Å²) in [6.45, 7) is -0.141. The van der Waals surface area contributed by atoms with Crippen LogP contribution >= 0.6 is 11.6 Å². The average Bonchev–Trinajstić information content (AvgIpc) is 2.63. The van der Waals surface area contributed by atoms with Crippen LogP contribution in [0.15, 0.2) is 30.3 Å². The molecule has 0 spiro atoms. The van der Waals surface area contributed by atoms with Crippen LogP contribution in [0.2, 0.25) is 5.02 Å². The predicted octanol–water partition coefficient (Wildman–Crippen LogP) is 1.57. The second-order valence-electron chi connectivity index (χ2n) is 3.98. The van der Waals surface area contributed by atoms with Crippen molar-refractivity contribution in [1.82, 2.24) is 4.90 Å². The summed E-state index contributed by atoms with van der Waals surface area (Å²) in [6.07, 6.45) is 0.909. The van der Waals surface area contributed by atoms with E-state index in [-0.39, 0.29) is 18.5 Å². The first-order valence-electron chi connectivity index (χ1n) is 5.55. The van der Waals surface area contributed by atoms with E-state index >= 15 is 0 Å². The molecule has 1 aliphatic heterocycles. The molecule has 0 unspecified atom stereocenters. The number of nitrogens with zero attached hydrogens (tertiary/aromatic N) is 1. The molecule has 98 valence electrons. The minimum absolute atomic E-state index is 0.141. The lowest BCUT2D eigenvalue weighted by Crippen LogP contribution is -2.32. The van der Waals surface area contributed by atoms with E-state index in [0.29, 0.717) is 10.6 Å². The maximum absolute atomic E-state index is 12.1. The van der Waals surface area contributed by atoms with Crippen LogP contribution in [0.1, 0.15) is 12.0 Å². The van der Waals surface area contributed by atoms with Crippen LogP contribution in [-0.2, 0) is 14.4 Å². The number of halogens is 1. The molecule has 0 aliphatic carbocycles. The van der Waals surface area contributed by atoms with Crippen molar-refractivity contribution in [1.29, 1.82) is 0 Å². The minimum Gasteiger partial charge on any atom is -0.481 e. The Hall–Kier alpha value is -2.14. The molecule has 2 amide bonds. The Morgan fingerprint density at radius 1 is 1.26 bits per heavy atom. The average molecular weight is 280 g/mol. The molecule has 0 bridgehead atoms.